The van der Waals surface area contributed by atoms with Crippen molar-refractivity contribution >= 4 is 6.08 Å². The molecule has 0 bridgehead atoms. The third kappa shape index (κ3) is 4.82. The summed E-state index contributed by atoms with van der Waals surface area (Å²) in [5.41, 5.74) is 0.569. The molecule has 0 fully saturated rings. The standard InChI is InChI=1S/C11H8F6O2/c1-2-7-3-5-8(6-4-7)18-10(13,14)9(12)19-11(15,16)17/h2-6,9H,1H2/t9-/m0/s1. The maximum Gasteiger partial charge on any atom is 0.525 e. The SMILES string of the molecule is C=Cc1ccc(OC(F)(F)[C@@H](F)OC(F)(F)F)cc1. The van der Waals surface area contributed by atoms with Gasteiger partial charge in [0.1, 0.15) is 5.75 Å². The minimum atomic E-state index is -5.53. The lowest BCUT2D eigenvalue weighted by atomic mass is 10.2. The van der Waals surface area contributed by atoms with Crippen molar-refractivity contribution < 1.29 is 35.8 Å². The quantitative estimate of drug-likeness (QED) is 0.758. The molecule has 0 amide bonds. The van der Waals surface area contributed by atoms with E-state index in [2.05, 4.69) is 16.1 Å². The van der Waals surface area contributed by atoms with Crippen molar-refractivity contribution in [2.45, 2.75) is 18.8 Å². The number of rotatable bonds is 5. The van der Waals surface area contributed by atoms with E-state index in [1.807, 2.05) is 0 Å². The van der Waals surface area contributed by atoms with Crippen LogP contribution in [0, 0.1) is 0 Å². The lowest BCUT2D eigenvalue weighted by molar-refractivity contribution is -0.411. The predicted octanol–water partition coefficient (Wildman–Crippen LogP) is 4.13. The van der Waals surface area contributed by atoms with E-state index in [4.69, 9.17) is 0 Å². The Bertz CT molecular complexity index is 426. The summed E-state index contributed by atoms with van der Waals surface area (Å²) in [4.78, 5) is 0. The first-order chi connectivity index (χ1) is 8.64. The van der Waals surface area contributed by atoms with Crippen LogP contribution in [0.4, 0.5) is 26.3 Å². The van der Waals surface area contributed by atoms with Crippen LogP contribution in [0.3, 0.4) is 0 Å². The summed E-state index contributed by atoms with van der Waals surface area (Å²) in [5.74, 6) is -0.510. The second kappa shape index (κ2) is 5.52. The highest BCUT2D eigenvalue weighted by atomic mass is 19.4. The molecular formula is C11H8F6O2. The monoisotopic (exact) mass is 286 g/mol. The van der Waals surface area contributed by atoms with Gasteiger partial charge in [0.2, 0.25) is 0 Å². The summed E-state index contributed by atoms with van der Waals surface area (Å²) in [7, 11) is 0. The molecule has 0 aliphatic rings. The topological polar surface area (TPSA) is 18.5 Å². The molecule has 1 aromatic carbocycles. The van der Waals surface area contributed by atoms with Gasteiger partial charge < -0.3 is 4.74 Å². The summed E-state index contributed by atoms with van der Waals surface area (Å²) in [6, 6.07) is 4.70. The number of hydrogen-bond donors (Lipinski definition) is 0. The molecule has 1 atom stereocenters. The summed E-state index contributed by atoms with van der Waals surface area (Å²) in [5, 5.41) is 0. The molecule has 1 aromatic rings. The molecule has 2 nitrogen and oxygen atoms in total. The van der Waals surface area contributed by atoms with E-state index < -0.39 is 24.6 Å². The highest BCUT2D eigenvalue weighted by Gasteiger charge is 2.50. The van der Waals surface area contributed by atoms with E-state index in [-0.39, 0.29) is 0 Å². The molecule has 0 N–H and O–H groups in total. The molecule has 0 heterocycles. The van der Waals surface area contributed by atoms with Crippen molar-refractivity contribution in [3.05, 3.63) is 36.4 Å². The molecule has 0 saturated carbocycles. The van der Waals surface area contributed by atoms with Gasteiger partial charge in [0, 0.05) is 0 Å². The maximum absolute atomic E-state index is 13.0. The molecule has 0 aromatic heterocycles. The lowest BCUT2D eigenvalue weighted by Crippen LogP contribution is -2.41. The van der Waals surface area contributed by atoms with Crippen LogP contribution in [0.1, 0.15) is 5.56 Å². The minimum absolute atomic E-state index is 0.510. The first kappa shape index (κ1) is 15.4. The van der Waals surface area contributed by atoms with Gasteiger partial charge in [0.05, 0.1) is 0 Å². The molecule has 19 heavy (non-hydrogen) atoms. The van der Waals surface area contributed by atoms with Gasteiger partial charge >= 0.3 is 18.8 Å². The fourth-order valence-electron chi connectivity index (χ4n) is 1.06. The van der Waals surface area contributed by atoms with E-state index in [1.54, 1.807) is 0 Å². The van der Waals surface area contributed by atoms with Gasteiger partial charge in [0.25, 0.3) is 0 Å². The highest BCUT2D eigenvalue weighted by molar-refractivity contribution is 5.48. The van der Waals surface area contributed by atoms with Crippen molar-refractivity contribution in [1.29, 1.82) is 0 Å². The number of ether oxygens (including phenoxy) is 2. The minimum Gasteiger partial charge on any atom is -0.429 e. The highest BCUT2D eigenvalue weighted by Crippen LogP contribution is 2.31. The molecule has 106 valence electrons. The second-order valence-corrected chi connectivity index (χ2v) is 3.32. The Morgan fingerprint density at radius 2 is 1.58 bits per heavy atom. The van der Waals surface area contributed by atoms with Gasteiger partial charge in [-0.05, 0) is 17.7 Å². The van der Waals surface area contributed by atoms with Crippen molar-refractivity contribution in [1.82, 2.24) is 0 Å². The zero-order valence-electron chi connectivity index (χ0n) is 9.26. The first-order valence-corrected chi connectivity index (χ1v) is 4.82. The largest absolute Gasteiger partial charge is 0.525 e. The molecule has 0 unspecified atom stereocenters. The van der Waals surface area contributed by atoms with Gasteiger partial charge in [-0.2, -0.15) is 8.78 Å². The van der Waals surface area contributed by atoms with Crippen LogP contribution < -0.4 is 4.74 Å². The predicted molar refractivity (Wildman–Crippen MR) is 54.1 cm³/mol. The molecule has 0 aliphatic heterocycles. The Balaban J connectivity index is 2.74. The number of benzene rings is 1. The van der Waals surface area contributed by atoms with Crippen LogP contribution in [0.25, 0.3) is 6.08 Å². The van der Waals surface area contributed by atoms with Gasteiger partial charge in [-0.3, -0.25) is 0 Å². The Hall–Kier alpha value is -1.70. The summed E-state index contributed by atoms with van der Waals surface area (Å²) < 4.78 is 79.9. The molecule has 8 heteroatoms. The average molecular weight is 286 g/mol. The van der Waals surface area contributed by atoms with E-state index in [0.29, 0.717) is 5.56 Å². The van der Waals surface area contributed by atoms with E-state index in [9.17, 15) is 26.3 Å². The molecule has 0 aliphatic carbocycles. The zero-order chi connectivity index (χ0) is 14.7. The van der Waals surface area contributed by atoms with Crippen LogP contribution in [0.15, 0.2) is 30.8 Å². The van der Waals surface area contributed by atoms with Crippen LogP contribution in [0.2, 0.25) is 0 Å². The second-order valence-electron chi connectivity index (χ2n) is 3.32. The van der Waals surface area contributed by atoms with Crippen LogP contribution in [-0.2, 0) is 4.74 Å². The maximum atomic E-state index is 13.0. The van der Waals surface area contributed by atoms with Crippen molar-refractivity contribution in [2.75, 3.05) is 0 Å². The fraction of sp³-hybridized carbons (Fsp3) is 0.273. The third-order valence-corrected chi connectivity index (χ3v) is 1.87. The average Bonchev–Trinajstić information content (AvgIpc) is 2.27. The van der Waals surface area contributed by atoms with Crippen molar-refractivity contribution in [3.63, 3.8) is 0 Å². The molecule has 0 saturated heterocycles. The third-order valence-electron chi connectivity index (χ3n) is 1.87. The van der Waals surface area contributed by atoms with Gasteiger partial charge in [-0.15, -0.1) is 13.2 Å². The fourth-order valence-corrected chi connectivity index (χ4v) is 1.06. The van der Waals surface area contributed by atoms with Crippen molar-refractivity contribution in [2.24, 2.45) is 0 Å². The van der Waals surface area contributed by atoms with E-state index in [0.717, 1.165) is 12.1 Å². The van der Waals surface area contributed by atoms with Gasteiger partial charge in [-0.25, -0.2) is 9.13 Å². The summed E-state index contributed by atoms with van der Waals surface area (Å²) >= 11 is 0. The zero-order valence-corrected chi connectivity index (χ0v) is 9.26. The number of hydrogen-bond acceptors (Lipinski definition) is 2. The van der Waals surface area contributed by atoms with Crippen LogP contribution >= 0.6 is 0 Å². The normalized spacial score (nSPS) is 14.0. The Kier molecular flexibility index (Phi) is 4.46. The first-order valence-electron chi connectivity index (χ1n) is 4.82. The van der Waals surface area contributed by atoms with Crippen molar-refractivity contribution in [3.8, 4) is 5.75 Å². The summed E-state index contributed by atoms with van der Waals surface area (Å²) in [6.07, 6.45) is -12.9. The molecular weight excluding hydrogens is 278 g/mol. The number of alkyl halides is 6. The lowest BCUT2D eigenvalue weighted by Gasteiger charge is -2.22. The summed E-state index contributed by atoms with van der Waals surface area (Å²) in [6.45, 7) is 3.41. The van der Waals surface area contributed by atoms with Crippen LogP contribution in [-0.4, -0.2) is 18.8 Å². The van der Waals surface area contributed by atoms with Gasteiger partial charge in [0.15, 0.2) is 0 Å². The molecule has 1 rings (SSSR count). The van der Waals surface area contributed by atoms with Gasteiger partial charge in [-0.1, -0.05) is 24.8 Å². The molecule has 0 spiro atoms. The Morgan fingerprint density at radius 1 is 1.05 bits per heavy atom. The Morgan fingerprint density at radius 3 is 2.00 bits per heavy atom. The van der Waals surface area contributed by atoms with E-state index >= 15 is 0 Å². The van der Waals surface area contributed by atoms with Crippen LogP contribution in [0.5, 0.6) is 5.75 Å². The Labute approximate surface area is 104 Å². The smallest absolute Gasteiger partial charge is 0.429 e. The number of halogens is 6. The molecule has 0 radical (unpaired) electrons. The van der Waals surface area contributed by atoms with E-state index in [1.165, 1.54) is 18.2 Å².